The Morgan fingerprint density at radius 3 is 2.68 bits per heavy atom. The third-order valence-electron chi connectivity index (χ3n) is 4.78. The molecule has 1 saturated carbocycles. The molecule has 6 nitrogen and oxygen atoms in total. The second kappa shape index (κ2) is 7.59. The summed E-state index contributed by atoms with van der Waals surface area (Å²) in [7, 11) is 0. The predicted octanol–water partition coefficient (Wildman–Crippen LogP) is 2.25. The number of hydrogen-bond donors (Lipinski definition) is 1. The predicted molar refractivity (Wildman–Crippen MR) is 89.5 cm³/mol. The summed E-state index contributed by atoms with van der Waals surface area (Å²) < 4.78 is 24.0. The summed E-state index contributed by atoms with van der Waals surface area (Å²) in [5, 5.41) is 7.45. The summed E-state index contributed by atoms with van der Waals surface area (Å²) in [6, 6.07) is 6.91. The zero-order chi connectivity index (χ0) is 17.1. The number of benzene rings is 1. The molecule has 4 rings (SSSR count). The van der Waals surface area contributed by atoms with E-state index in [0.717, 1.165) is 57.1 Å². The number of nitrogens with zero attached hydrogens (tertiary/aromatic N) is 3. The average Bonchev–Trinajstić information content (AvgIpc) is 3.39. The van der Waals surface area contributed by atoms with Crippen molar-refractivity contribution < 1.29 is 13.7 Å². The molecule has 1 aromatic heterocycles. The Hall–Kier alpha value is -1.83. The first kappa shape index (κ1) is 16.6. The van der Waals surface area contributed by atoms with E-state index in [0.29, 0.717) is 18.4 Å². The van der Waals surface area contributed by atoms with E-state index in [9.17, 15) is 4.39 Å². The van der Waals surface area contributed by atoms with Crippen molar-refractivity contribution in [2.24, 2.45) is 0 Å². The summed E-state index contributed by atoms with van der Waals surface area (Å²) >= 11 is 0. The summed E-state index contributed by atoms with van der Waals surface area (Å²) in [5.41, 5.74) is 1.10. The van der Waals surface area contributed by atoms with Gasteiger partial charge >= 0.3 is 0 Å². The van der Waals surface area contributed by atoms with Crippen LogP contribution in [0.5, 0.6) is 0 Å². The van der Waals surface area contributed by atoms with E-state index >= 15 is 0 Å². The van der Waals surface area contributed by atoms with Gasteiger partial charge in [0.25, 0.3) is 0 Å². The van der Waals surface area contributed by atoms with E-state index < -0.39 is 0 Å². The molecule has 134 valence electrons. The molecule has 0 unspecified atom stereocenters. The molecule has 2 heterocycles. The fourth-order valence-electron chi connectivity index (χ4n) is 3.19. The highest BCUT2D eigenvalue weighted by Gasteiger charge is 2.29. The molecule has 2 aromatic rings. The molecule has 25 heavy (non-hydrogen) atoms. The Balaban J connectivity index is 1.39. The second-order valence-electron chi connectivity index (χ2n) is 6.67. The maximum absolute atomic E-state index is 13.3. The lowest BCUT2D eigenvalue weighted by molar-refractivity contribution is 0.0159. The van der Waals surface area contributed by atoms with Crippen molar-refractivity contribution in [2.75, 3.05) is 32.8 Å². The molecule has 0 radical (unpaired) electrons. The number of halogens is 1. The van der Waals surface area contributed by atoms with E-state index in [1.807, 2.05) is 12.1 Å². The summed E-state index contributed by atoms with van der Waals surface area (Å²) in [6.45, 7) is 4.47. The Bertz CT molecular complexity index is 681. The third-order valence-corrected chi connectivity index (χ3v) is 4.78. The average molecular weight is 346 g/mol. The highest BCUT2D eigenvalue weighted by molar-refractivity contribution is 5.20. The van der Waals surface area contributed by atoms with Crippen molar-refractivity contribution in [1.82, 2.24) is 20.4 Å². The minimum Gasteiger partial charge on any atom is -0.379 e. The largest absolute Gasteiger partial charge is 0.379 e. The van der Waals surface area contributed by atoms with Crippen LogP contribution < -0.4 is 5.32 Å². The zero-order valence-corrected chi connectivity index (χ0v) is 14.2. The Morgan fingerprint density at radius 2 is 1.96 bits per heavy atom. The minimum absolute atomic E-state index is 0.162. The molecule has 1 aliphatic heterocycles. The summed E-state index contributed by atoms with van der Waals surface area (Å²) in [5.74, 6) is 1.75. The van der Waals surface area contributed by atoms with Gasteiger partial charge in [0.05, 0.1) is 19.8 Å². The smallest absolute Gasteiger partial charge is 0.240 e. The minimum atomic E-state index is -0.212. The van der Waals surface area contributed by atoms with Gasteiger partial charge in [-0.3, -0.25) is 4.90 Å². The topological polar surface area (TPSA) is 63.4 Å². The normalized spacial score (nSPS) is 19.9. The van der Waals surface area contributed by atoms with Gasteiger partial charge in [0.2, 0.25) is 5.89 Å². The van der Waals surface area contributed by atoms with Crippen LogP contribution in [-0.4, -0.2) is 47.9 Å². The van der Waals surface area contributed by atoms with Gasteiger partial charge in [-0.2, -0.15) is 4.98 Å². The first-order chi connectivity index (χ1) is 12.3. The van der Waals surface area contributed by atoms with E-state index in [1.54, 1.807) is 0 Å². The Morgan fingerprint density at radius 1 is 1.20 bits per heavy atom. The van der Waals surface area contributed by atoms with E-state index in [2.05, 4.69) is 20.4 Å². The van der Waals surface area contributed by atoms with Gasteiger partial charge in [0.1, 0.15) is 5.82 Å². The van der Waals surface area contributed by atoms with Crippen LogP contribution in [0.2, 0.25) is 0 Å². The lowest BCUT2D eigenvalue weighted by Crippen LogP contribution is -2.42. The van der Waals surface area contributed by atoms with Gasteiger partial charge in [-0.1, -0.05) is 17.3 Å². The fourth-order valence-corrected chi connectivity index (χ4v) is 3.19. The standard InChI is InChI=1S/C18H23FN4O2/c19-15-5-3-13(4-6-15)16(23-7-9-24-10-8-23)11-20-12-17-21-18(22-25-17)14-1-2-14/h3-6,14,16,20H,1-2,7-12H2/t16-/m1/s1. The van der Waals surface area contributed by atoms with E-state index in [-0.39, 0.29) is 11.9 Å². The number of morpholine rings is 1. The van der Waals surface area contributed by atoms with Crippen LogP contribution in [0.15, 0.2) is 28.8 Å². The molecule has 0 spiro atoms. The van der Waals surface area contributed by atoms with Crippen molar-refractivity contribution in [3.05, 3.63) is 47.4 Å². The summed E-state index contributed by atoms with van der Waals surface area (Å²) in [4.78, 5) is 6.81. The molecular weight excluding hydrogens is 323 g/mol. The van der Waals surface area contributed by atoms with E-state index in [4.69, 9.17) is 9.26 Å². The molecule has 2 fully saturated rings. The van der Waals surface area contributed by atoms with Gasteiger partial charge in [0, 0.05) is 31.6 Å². The SMILES string of the molecule is Fc1ccc([C@@H](CNCc2nc(C3CC3)no2)N2CCOCC2)cc1. The molecule has 1 aromatic carbocycles. The first-order valence-electron chi connectivity index (χ1n) is 8.90. The van der Waals surface area contributed by atoms with Gasteiger partial charge in [-0.05, 0) is 30.5 Å². The second-order valence-corrected chi connectivity index (χ2v) is 6.67. The van der Waals surface area contributed by atoms with Crippen molar-refractivity contribution in [3.8, 4) is 0 Å². The van der Waals surface area contributed by atoms with Crippen molar-refractivity contribution in [1.29, 1.82) is 0 Å². The first-order valence-corrected chi connectivity index (χ1v) is 8.90. The van der Waals surface area contributed by atoms with Crippen LogP contribution in [0.3, 0.4) is 0 Å². The number of ether oxygens (including phenoxy) is 1. The number of rotatable bonds is 7. The molecular formula is C18H23FN4O2. The molecule has 1 atom stereocenters. The highest BCUT2D eigenvalue weighted by Crippen LogP contribution is 2.38. The van der Waals surface area contributed by atoms with Crippen LogP contribution in [0, 0.1) is 5.82 Å². The van der Waals surface area contributed by atoms with Crippen LogP contribution in [0.1, 0.15) is 42.1 Å². The third kappa shape index (κ3) is 4.23. The lowest BCUT2D eigenvalue weighted by Gasteiger charge is -2.35. The zero-order valence-electron chi connectivity index (χ0n) is 14.2. The van der Waals surface area contributed by atoms with Crippen molar-refractivity contribution >= 4 is 0 Å². The van der Waals surface area contributed by atoms with Crippen LogP contribution in [0.4, 0.5) is 4.39 Å². The monoisotopic (exact) mass is 346 g/mol. The number of nitrogens with one attached hydrogen (secondary N) is 1. The Labute approximate surface area is 146 Å². The Kier molecular flexibility index (Phi) is 5.05. The lowest BCUT2D eigenvalue weighted by atomic mass is 10.0. The molecule has 2 aliphatic rings. The van der Waals surface area contributed by atoms with Gasteiger partial charge in [-0.15, -0.1) is 0 Å². The van der Waals surface area contributed by atoms with Gasteiger partial charge in [-0.25, -0.2) is 4.39 Å². The van der Waals surface area contributed by atoms with Crippen LogP contribution >= 0.6 is 0 Å². The van der Waals surface area contributed by atoms with Crippen molar-refractivity contribution in [3.63, 3.8) is 0 Å². The van der Waals surface area contributed by atoms with Gasteiger partial charge < -0.3 is 14.6 Å². The van der Waals surface area contributed by atoms with Crippen LogP contribution in [0.25, 0.3) is 0 Å². The number of hydrogen-bond acceptors (Lipinski definition) is 6. The fraction of sp³-hybridized carbons (Fsp3) is 0.556. The molecule has 0 amide bonds. The maximum Gasteiger partial charge on any atom is 0.240 e. The van der Waals surface area contributed by atoms with Crippen molar-refractivity contribution in [2.45, 2.75) is 31.3 Å². The molecule has 1 aliphatic carbocycles. The van der Waals surface area contributed by atoms with Gasteiger partial charge in [0.15, 0.2) is 5.82 Å². The molecule has 0 bridgehead atoms. The molecule has 7 heteroatoms. The highest BCUT2D eigenvalue weighted by atomic mass is 19.1. The quantitative estimate of drug-likeness (QED) is 0.830. The summed E-state index contributed by atoms with van der Waals surface area (Å²) in [6.07, 6.45) is 2.33. The molecule has 1 N–H and O–H groups in total. The molecule has 1 saturated heterocycles. The number of aromatic nitrogens is 2. The maximum atomic E-state index is 13.3. The van der Waals surface area contributed by atoms with E-state index in [1.165, 1.54) is 12.1 Å². The van der Waals surface area contributed by atoms with Crippen LogP contribution in [-0.2, 0) is 11.3 Å².